The van der Waals surface area contributed by atoms with Gasteiger partial charge >= 0.3 is 0 Å². The maximum atomic E-state index is 12.5. The number of nitrogens with zero attached hydrogens (tertiary/aromatic N) is 5. The third-order valence-electron chi connectivity index (χ3n) is 6.05. The van der Waals surface area contributed by atoms with Crippen LogP contribution >= 0.6 is 0 Å². The number of allylic oxidation sites excluding steroid dienone is 4. The Morgan fingerprint density at radius 2 is 1.17 bits per heavy atom. The third kappa shape index (κ3) is 5.79. The number of Topliss-reactive ketones (excluding diaryl/α,β-unsaturated/α-hetero) is 2. The maximum Gasteiger partial charge on any atom is 0.254 e. The van der Waals surface area contributed by atoms with Gasteiger partial charge in [0.1, 0.15) is 11.5 Å². The van der Waals surface area contributed by atoms with Crippen LogP contribution in [0, 0.1) is 10.8 Å². The van der Waals surface area contributed by atoms with Crippen LogP contribution in [0.1, 0.15) is 53.4 Å². The summed E-state index contributed by atoms with van der Waals surface area (Å²) in [5.74, 6) is -0.165. The summed E-state index contributed by atoms with van der Waals surface area (Å²) in [4.78, 5) is 46.5. The molecule has 4 rings (SSSR count). The second-order valence-electron chi connectivity index (χ2n) is 10.7. The summed E-state index contributed by atoms with van der Waals surface area (Å²) in [6.07, 6.45) is 3.86. The largest absolute Gasteiger partial charge is 0.511 e. The van der Waals surface area contributed by atoms with E-state index in [-0.39, 0.29) is 57.0 Å². The molecule has 2 aliphatic carbocycles. The van der Waals surface area contributed by atoms with Gasteiger partial charge < -0.3 is 10.2 Å². The molecule has 9 nitrogen and oxygen atoms in total. The highest BCUT2D eigenvalue weighted by Crippen LogP contribution is 2.36. The molecule has 186 valence electrons. The van der Waals surface area contributed by atoms with Crippen LogP contribution in [0.2, 0.25) is 0 Å². The minimum Gasteiger partial charge on any atom is -0.511 e. The van der Waals surface area contributed by atoms with Crippen molar-refractivity contribution in [1.82, 2.24) is 15.0 Å². The van der Waals surface area contributed by atoms with Crippen molar-refractivity contribution in [1.29, 1.82) is 0 Å². The molecule has 0 aliphatic heterocycles. The van der Waals surface area contributed by atoms with Crippen molar-refractivity contribution in [3.63, 3.8) is 0 Å². The molecule has 0 amide bonds. The standard InChI is InChI=1S/C27H29N5O4/c1-26(2)10-19(33)17(20(34)11-26)14-28-24-30-23(16-8-6-5-7-9-16)31-25(32-24)29-15-18-21(35)12-27(3,4)13-22(18)36/h5-9,14-15,33,35H,10-13H2,1-4H3/b28-14+,29-15+. The molecule has 0 unspecified atom stereocenters. The molecule has 1 heterocycles. The fourth-order valence-corrected chi connectivity index (χ4v) is 4.33. The van der Waals surface area contributed by atoms with Crippen LogP contribution in [0.3, 0.4) is 0 Å². The van der Waals surface area contributed by atoms with E-state index < -0.39 is 0 Å². The number of hydrogen-bond acceptors (Lipinski definition) is 9. The summed E-state index contributed by atoms with van der Waals surface area (Å²) < 4.78 is 0. The van der Waals surface area contributed by atoms with E-state index in [0.717, 1.165) is 0 Å². The van der Waals surface area contributed by atoms with E-state index in [4.69, 9.17) is 0 Å². The molecule has 0 saturated heterocycles. The number of aliphatic hydroxyl groups excluding tert-OH is 2. The van der Waals surface area contributed by atoms with Crippen LogP contribution in [-0.4, -0.2) is 49.2 Å². The number of carbonyl (C=O) groups is 2. The van der Waals surface area contributed by atoms with Crippen LogP contribution in [0.4, 0.5) is 11.9 Å². The van der Waals surface area contributed by atoms with Crippen molar-refractivity contribution in [2.24, 2.45) is 20.8 Å². The Kier molecular flexibility index (Phi) is 6.67. The van der Waals surface area contributed by atoms with Crippen LogP contribution < -0.4 is 0 Å². The Labute approximate surface area is 209 Å². The molecule has 36 heavy (non-hydrogen) atoms. The molecule has 0 fully saturated rings. The lowest BCUT2D eigenvalue weighted by molar-refractivity contribution is -0.118. The number of aromatic nitrogens is 3. The smallest absolute Gasteiger partial charge is 0.254 e. The zero-order valence-electron chi connectivity index (χ0n) is 20.8. The fraction of sp³-hybridized carbons (Fsp3) is 0.370. The predicted octanol–water partition coefficient (Wildman–Crippen LogP) is 5.35. The maximum absolute atomic E-state index is 12.5. The summed E-state index contributed by atoms with van der Waals surface area (Å²) in [5.41, 5.74) is 0.320. The van der Waals surface area contributed by atoms with Crippen LogP contribution in [-0.2, 0) is 9.59 Å². The average molecular weight is 488 g/mol. The molecular formula is C27H29N5O4. The van der Waals surface area contributed by atoms with Gasteiger partial charge in [-0.3, -0.25) is 9.59 Å². The summed E-state index contributed by atoms with van der Waals surface area (Å²) in [6.45, 7) is 7.68. The lowest BCUT2D eigenvalue weighted by Crippen LogP contribution is -2.26. The number of hydrogen-bond donors (Lipinski definition) is 2. The van der Waals surface area contributed by atoms with Crippen molar-refractivity contribution in [2.45, 2.75) is 53.4 Å². The molecule has 0 atom stereocenters. The lowest BCUT2D eigenvalue weighted by atomic mass is 9.77. The molecular weight excluding hydrogens is 458 g/mol. The molecule has 0 bridgehead atoms. The molecule has 1 aromatic carbocycles. The van der Waals surface area contributed by atoms with Crippen molar-refractivity contribution in [2.75, 3.05) is 0 Å². The van der Waals surface area contributed by atoms with E-state index in [2.05, 4.69) is 24.9 Å². The number of rotatable bonds is 5. The van der Waals surface area contributed by atoms with Crippen LogP contribution in [0.5, 0.6) is 0 Å². The van der Waals surface area contributed by atoms with Gasteiger partial charge in [0.15, 0.2) is 17.4 Å². The van der Waals surface area contributed by atoms with Gasteiger partial charge in [-0.05, 0) is 10.8 Å². The number of carbonyl (C=O) groups excluding carboxylic acids is 2. The van der Waals surface area contributed by atoms with Crippen molar-refractivity contribution < 1.29 is 19.8 Å². The number of benzene rings is 1. The van der Waals surface area contributed by atoms with E-state index in [1.165, 1.54) is 12.4 Å². The van der Waals surface area contributed by atoms with Crippen molar-refractivity contribution >= 4 is 35.9 Å². The normalized spacial score (nSPS) is 20.1. The van der Waals surface area contributed by atoms with E-state index in [1.54, 1.807) is 0 Å². The highest BCUT2D eigenvalue weighted by atomic mass is 16.3. The Hall–Kier alpha value is -4.01. The van der Waals surface area contributed by atoms with Gasteiger partial charge in [0.2, 0.25) is 0 Å². The molecule has 2 aromatic rings. The van der Waals surface area contributed by atoms with Crippen molar-refractivity contribution in [3.8, 4) is 11.4 Å². The van der Waals surface area contributed by atoms with Crippen LogP contribution in [0.15, 0.2) is 63.0 Å². The van der Waals surface area contributed by atoms with Gasteiger partial charge in [0.05, 0.1) is 11.1 Å². The van der Waals surface area contributed by atoms with Gasteiger partial charge in [-0.25, -0.2) is 9.98 Å². The fourth-order valence-electron chi connectivity index (χ4n) is 4.33. The Morgan fingerprint density at radius 1 is 0.722 bits per heavy atom. The average Bonchev–Trinajstić information content (AvgIpc) is 2.77. The SMILES string of the molecule is CC1(C)CC(=O)C(/C=N/c2nc(/N=C/C3=C(O)CC(C)(C)CC3=O)nc(-c3ccccc3)n2)=C(O)C1. The van der Waals surface area contributed by atoms with Crippen molar-refractivity contribution in [3.05, 3.63) is 53.0 Å². The molecule has 1 aromatic heterocycles. The van der Waals surface area contributed by atoms with E-state index in [1.807, 2.05) is 58.0 Å². The third-order valence-corrected chi connectivity index (χ3v) is 6.05. The van der Waals surface area contributed by atoms with Crippen LogP contribution in [0.25, 0.3) is 11.4 Å². The second kappa shape index (κ2) is 9.56. The summed E-state index contributed by atoms with van der Waals surface area (Å²) in [7, 11) is 0. The van der Waals surface area contributed by atoms with Gasteiger partial charge in [-0.15, -0.1) is 0 Å². The second-order valence-corrected chi connectivity index (χ2v) is 10.7. The van der Waals surface area contributed by atoms with E-state index >= 15 is 0 Å². The molecule has 2 N–H and O–H groups in total. The van der Waals surface area contributed by atoms with Gasteiger partial charge in [-0.1, -0.05) is 58.0 Å². The minimum atomic E-state index is -0.319. The quantitative estimate of drug-likeness (QED) is 0.542. The Morgan fingerprint density at radius 3 is 1.58 bits per heavy atom. The molecule has 9 heteroatoms. The Balaban J connectivity index is 1.71. The summed E-state index contributed by atoms with van der Waals surface area (Å²) in [5, 5.41) is 20.8. The van der Waals surface area contributed by atoms with Gasteiger partial charge in [0.25, 0.3) is 11.9 Å². The molecule has 0 saturated carbocycles. The topological polar surface area (TPSA) is 138 Å². The predicted molar refractivity (Wildman–Crippen MR) is 137 cm³/mol. The first-order valence-electron chi connectivity index (χ1n) is 11.7. The minimum absolute atomic E-state index is 0.0109. The first-order valence-corrected chi connectivity index (χ1v) is 11.7. The summed E-state index contributed by atoms with van der Waals surface area (Å²) >= 11 is 0. The summed E-state index contributed by atoms with van der Waals surface area (Å²) in [6, 6.07) is 9.17. The zero-order chi connectivity index (χ0) is 26.1. The number of aliphatic imine (C=N–C) groups is 2. The Bertz CT molecular complexity index is 1260. The van der Waals surface area contributed by atoms with Gasteiger partial charge in [0, 0.05) is 43.7 Å². The molecule has 0 radical (unpaired) electrons. The number of aliphatic hydroxyl groups is 2. The zero-order valence-corrected chi connectivity index (χ0v) is 20.8. The molecule has 2 aliphatic rings. The monoisotopic (exact) mass is 487 g/mol. The lowest BCUT2D eigenvalue weighted by Gasteiger charge is -2.28. The highest BCUT2D eigenvalue weighted by molar-refractivity contribution is 6.15. The highest BCUT2D eigenvalue weighted by Gasteiger charge is 2.33. The first kappa shape index (κ1) is 25.1. The van der Waals surface area contributed by atoms with E-state index in [9.17, 15) is 19.8 Å². The molecule has 0 spiro atoms. The first-order chi connectivity index (χ1) is 16.9. The van der Waals surface area contributed by atoms with Gasteiger partial charge in [-0.2, -0.15) is 15.0 Å². The van der Waals surface area contributed by atoms with E-state index in [0.29, 0.717) is 37.1 Å². The number of ketones is 2.